The molecule has 0 radical (unpaired) electrons. The number of hydrogen-bond donors (Lipinski definition) is 1. The maximum Gasteiger partial charge on any atom is 0.252 e. The minimum atomic E-state index is -0.214. The Hall–Kier alpha value is -1.52. The summed E-state index contributed by atoms with van der Waals surface area (Å²) in [6, 6.07) is 12.9. The van der Waals surface area contributed by atoms with E-state index in [4.69, 9.17) is 16.3 Å². The summed E-state index contributed by atoms with van der Waals surface area (Å²) in [6.07, 6.45) is 0. The molecule has 21 heavy (non-hydrogen) atoms. The van der Waals surface area contributed by atoms with E-state index >= 15 is 0 Å². The van der Waals surface area contributed by atoms with Gasteiger partial charge in [-0.15, -0.1) is 0 Å². The van der Waals surface area contributed by atoms with Gasteiger partial charge in [0, 0.05) is 4.47 Å². The number of carbonyl (C=O) groups excluding carboxylic acids is 1. The quantitative estimate of drug-likeness (QED) is 0.803. The van der Waals surface area contributed by atoms with Crippen molar-refractivity contribution in [2.24, 2.45) is 0 Å². The second-order valence-electron chi connectivity index (χ2n) is 4.54. The summed E-state index contributed by atoms with van der Waals surface area (Å²) in [5, 5.41) is 3.21. The van der Waals surface area contributed by atoms with Gasteiger partial charge < -0.3 is 10.1 Å². The molecule has 110 valence electrons. The molecule has 0 aliphatic heterocycles. The smallest absolute Gasteiger partial charge is 0.252 e. The van der Waals surface area contributed by atoms with E-state index in [0.717, 1.165) is 10.2 Å². The van der Waals surface area contributed by atoms with Crippen LogP contribution in [0.2, 0.25) is 5.02 Å². The molecule has 0 aliphatic rings. The lowest BCUT2D eigenvalue weighted by Crippen LogP contribution is -2.28. The van der Waals surface area contributed by atoms with Gasteiger partial charge in [0.2, 0.25) is 0 Å². The molecule has 2 aromatic carbocycles. The fourth-order valence-electron chi connectivity index (χ4n) is 1.73. The predicted molar refractivity (Wildman–Crippen MR) is 88.2 cm³/mol. The monoisotopic (exact) mass is 367 g/mol. The van der Waals surface area contributed by atoms with Gasteiger partial charge in [-0.3, -0.25) is 4.79 Å². The lowest BCUT2D eigenvalue weighted by atomic mass is 10.2. The van der Waals surface area contributed by atoms with E-state index in [9.17, 15) is 4.79 Å². The van der Waals surface area contributed by atoms with Crippen LogP contribution in [0.1, 0.15) is 15.9 Å². The molecule has 0 atom stereocenters. The molecule has 0 aromatic heterocycles. The molecule has 0 saturated heterocycles. The number of rotatable bonds is 5. The van der Waals surface area contributed by atoms with Gasteiger partial charge in [-0.1, -0.05) is 45.2 Å². The summed E-state index contributed by atoms with van der Waals surface area (Å²) in [6.45, 7) is 2.84. The molecule has 0 fully saturated rings. The zero-order chi connectivity index (χ0) is 15.2. The second-order valence-corrected chi connectivity index (χ2v) is 5.86. The first-order chi connectivity index (χ1) is 10.1. The van der Waals surface area contributed by atoms with Gasteiger partial charge in [0.1, 0.15) is 12.4 Å². The van der Waals surface area contributed by atoms with Crippen molar-refractivity contribution in [3.05, 3.63) is 63.1 Å². The van der Waals surface area contributed by atoms with Crippen molar-refractivity contribution in [2.75, 3.05) is 13.2 Å². The second kappa shape index (κ2) is 7.48. The normalized spacial score (nSPS) is 10.2. The van der Waals surface area contributed by atoms with E-state index in [1.807, 2.05) is 31.2 Å². The van der Waals surface area contributed by atoms with Crippen molar-refractivity contribution >= 4 is 33.4 Å². The lowest BCUT2D eigenvalue weighted by molar-refractivity contribution is 0.0947. The third kappa shape index (κ3) is 4.76. The molecular formula is C16H15BrClNO2. The third-order valence-electron chi connectivity index (χ3n) is 2.85. The summed E-state index contributed by atoms with van der Waals surface area (Å²) < 4.78 is 6.36. The first kappa shape index (κ1) is 15.9. The van der Waals surface area contributed by atoms with Crippen LogP contribution in [0.25, 0.3) is 0 Å². The molecule has 0 spiro atoms. The average Bonchev–Trinajstić information content (AvgIpc) is 2.47. The van der Waals surface area contributed by atoms with Crippen molar-refractivity contribution in [2.45, 2.75) is 6.92 Å². The van der Waals surface area contributed by atoms with E-state index in [0.29, 0.717) is 23.7 Å². The minimum Gasteiger partial charge on any atom is -0.492 e. The summed E-state index contributed by atoms with van der Waals surface area (Å²) >= 11 is 9.32. The van der Waals surface area contributed by atoms with E-state index in [1.165, 1.54) is 5.56 Å². The molecule has 1 amide bonds. The summed E-state index contributed by atoms with van der Waals surface area (Å²) in [5.41, 5.74) is 1.63. The number of hydrogen-bond acceptors (Lipinski definition) is 2. The standard InChI is InChI=1S/C16H15BrClNO2/c1-11-2-5-13(6-3-11)21-9-8-19-16(20)14-10-12(17)4-7-15(14)18/h2-7,10H,8-9H2,1H3,(H,19,20). The zero-order valence-corrected chi connectivity index (χ0v) is 13.9. The molecule has 1 N–H and O–H groups in total. The molecule has 0 heterocycles. The van der Waals surface area contributed by atoms with Gasteiger partial charge in [-0.25, -0.2) is 0 Å². The molecule has 0 bridgehead atoms. The molecule has 2 aromatic rings. The highest BCUT2D eigenvalue weighted by molar-refractivity contribution is 9.10. The molecule has 2 rings (SSSR count). The van der Waals surface area contributed by atoms with Gasteiger partial charge in [0.25, 0.3) is 5.91 Å². The molecular weight excluding hydrogens is 354 g/mol. The zero-order valence-electron chi connectivity index (χ0n) is 11.5. The van der Waals surface area contributed by atoms with Crippen molar-refractivity contribution in [3.8, 4) is 5.75 Å². The van der Waals surface area contributed by atoms with Crippen LogP contribution in [0.15, 0.2) is 46.9 Å². The van der Waals surface area contributed by atoms with Gasteiger partial charge in [0.05, 0.1) is 17.1 Å². The molecule has 0 aliphatic carbocycles. The van der Waals surface area contributed by atoms with Gasteiger partial charge in [-0.05, 0) is 37.3 Å². The number of aryl methyl sites for hydroxylation is 1. The maximum atomic E-state index is 12.0. The lowest BCUT2D eigenvalue weighted by Gasteiger charge is -2.09. The van der Waals surface area contributed by atoms with Crippen LogP contribution in [-0.4, -0.2) is 19.1 Å². The van der Waals surface area contributed by atoms with Gasteiger partial charge in [0.15, 0.2) is 0 Å². The van der Waals surface area contributed by atoms with E-state index in [-0.39, 0.29) is 5.91 Å². The Morgan fingerprint density at radius 1 is 1.24 bits per heavy atom. The Morgan fingerprint density at radius 2 is 1.95 bits per heavy atom. The maximum absolute atomic E-state index is 12.0. The number of carbonyl (C=O) groups is 1. The number of amides is 1. The number of ether oxygens (including phenoxy) is 1. The van der Waals surface area contributed by atoms with Crippen molar-refractivity contribution in [1.82, 2.24) is 5.32 Å². The Kier molecular flexibility index (Phi) is 5.65. The first-order valence-corrected chi connectivity index (χ1v) is 7.66. The van der Waals surface area contributed by atoms with Crippen molar-refractivity contribution < 1.29 is 9.53 Å². The van der Waals surface area contributed by atoms with Gasteiger partial charge >= 0.3 is 0 Å². The number of benzene rings is 2. The van der Waals surface area contributed by atoms with Crippen molar-refractivity contribution in [1.29, 1.82) is 0 Å². The van der Waals surface area contributed by atoms with E-state index in [1.54, 1.807) is 18.2 Å². The highest BCUT2D eigenvalue weighted by Gasteiger charge is 2.10. The van der Waals surface area contributed by atoms with Crippen LogP contribution in [0, 0.1) is 6.92 Å². The van der Waals surface area contributed by atoms with Crippen molar-refractivity contribution in [3.63, 3.8) is 0 Å². The third-order valence-corrected chi connectivity index (χ3v) is 3.67. The average molecular weight is 369 g/mol. The van der Waals surface area contributed by atoms with Crippen LogP contribution < -0.4 is 10.1 Å². The summed E-state index contributed by atoms with van der Waals surface area (Å²) in [7, 11) is 0. The van der Waals surface area contributed by atoms with E-state index < -0.39 is 0 Å². The first-order valence-electron chi connectivity index (χ1n) is 6.49. The SMILES string of the molecule is Cc1ccc(OCCNC(=O)c2cc(Br)ccc2Cl)cc1. The Bertz CT molecular complexity index is 629. The largest absolute Gasteiger partial charge is 0.492 e. The molecule has 5 heteroatoms. The van der Waals surface area contributed by atoms with Crippen LogP contribution in [0.4, 0.5) is 0 Å². The predicted octanol–water partition coefficient (Wildman–Crippen LogP) is 4.22. The van der Waals surface area contributed by atoms with Crippen LogP contribution in [0.3, 0.4) is 0 Å². The number of nitrogens with one attached hydrogen (secondary N) is 1. The highest BCUT2D eigenvalue weighted by Crippen LogP contribution is 2.20. The molecule has 3 nitrogen and oxygen atoms in total. The highest BCUT2D eigenvalue weighted by atomic mass is 79.9. The minimum absolute atomic E-state index is 0.214. The Balaban J connectivity index is 1.81. The fraction of sp³-hybridized carbons (Fsp3) is 0.188. The fourth-order valence-corrected chi connectivity index (χ4v) is 2.30. The van der Waals surface area contributed by atoms with E-state index in [2.05, 4.69) is 21.2 Å². The molecule has 0 unspecified atom stereocenters. The van der Waals surface area contributed by atoms with Crippen LogP contribution in [-0.2, 0) is 0 Å². The number of halogens is 2. The Labute approximate surface area is 137 Å². The Morgan fingerprint density at radius 3 is 2.67 bits per heavy atom. The topological polar surface area (TPSA) is 38.3 Å². The van der Waals surface area contributed by atoms with Gasteiger partial charge in [-0.2, -0.15) is 0 Å². The van der Waals surface area contributed by atoms with Crippen LogP contribution in [0.5, 0.6) is 5.75 Å². The summed E-state index contributed by atoms with van der Waals surface area (Å²) in [4.78, 5) is 12.0. The summed E-state index contributed by atoms with van der Waals surface area (Å²) in [5.74, 6) is 0.573. The van der Waals surface area contributed by atoms with Crippen LogP contribution >= 0.6 is 27.5 Å². The molecule has 0 saturated carbocycles.